The third-order valence-electron chi connectivity index (χ3n) is 11.2. The highest BCUT2D eigenvalue weighted by Gasteiger charge is 2.35. The van der Waals surface area contributed by atoms with Gasteiger partial charge >= 0.3 is 0 Å². The van der Waals surface area contributed by atoms with Crippen molar-refractivity contribution in [2.24, 2.45) is 14.1 Å². The first-order chi connectivity index (χ1) is 27.1. The van der Waals surface area contributed by atoms with Gasteiger partial charge in [-0.3, -0.25) is 19.4 Å². The lowest BCUT2D eigenvalue weighted by Gasteiger charge is -2.40. The van der Waals surface area contributed by atoms with Crippen molar-refractivity contribution in [3.63, 3.8) is 0 Å². The third kappa shape index (κ3) is 6.95. The highest BCUT2D eigenvalue weighted by atomic mass is 19.1. The highest BCUT2D eigenvalue weighted by Crippen LogP contribution is 2.38. The maximum absolute atomic E-state index is 15.4. The molecule has 1 N–H and O–H groups in total. The number of morpholine rings is 1. The number of methoxy groups -OCH3 is 1. The number of anilines is 2. The second-order valence-corrected chi connectivity index (χ2v) is 14.6. The number of pyridine rings is 1. The summed E-state index contributed by atoms with van der Waals surface area (Å²) in [5, 5.41) is 11.0. The molecule has 0 aliphatic carbocycles. The molecule has 2 atom stereocenters. The molecule has 3 aromatic heterocycles. The number of phenols is 1. The molecular formula is C44H45FN6O5. The summed E-state index contributed by atoms with van der Waals surface area (Å²) in [6.07, 6.45) is 3.68. The van der Waals surface area contributed by atoms with Gasteiger partial charge in [0.05, 0.1) is 42.5 Å². The largest absolute Gasteiger partial charge is 0.508 e. The average molecular weight is 757 g/mol. The van der Waals surface area contributed by atoms with Gasteiger partial charge in [-0.15, -0.1) is 0 Å². The van der Waals surface area contributed by atoms with Crippen molar-refractivity contribution in [2.45, 2.75) is 32.0 Å². The second kappa shape index (κ2) is 15.4. The smallest absolute Gasteiger partial charge is 0.264 e. The molecule has 0 bridgehead atoms. The van der Waals surface area contributed by atoms with Crippen LogP contribution in [0, 0.1) is 5.82 Å². The average Bonchev–Trinajstić information content (AvgIpc) is 3.76. The number of halogens is 1. The van der Waals surface area contributed by atoms with Gasteiger partial charge in [0.2, 0.25) is 0 Å². The number of fused-ring (bicyclic) bond motifs is 2. The molecule has 6 aromatic rings. The molecule has 0 saturated carbocycles. The summed E-state index contributed by atoms with van der Waals surface area (Å²) >= 11 is 0. The van der Waals surface area contributed by atoms with Gasteiger partial charge in [-0.05, 0) is 85.1 Å². The fraction of sp³-hybridized carbons (Fsp3) is 0.295. The monoisotopic (exact) mass is 756 g/mol. The van der Waals surface area contributed by atoms with E-state index >= 15 is 9.18 Å². The maximum atomic E-state index is 15.4. The fourth-order valence-electron chi connectivity index (χ4n) is 8.16. The minimum absolute atomic E-state index is 0.0566. The molecular weight excluding hydrogens is 712 g/mol. The van der Waals surface area contributed by atoms with E-state index in [9.17, 15) is 9.90 Å². The predicted octanol–water partition coefficient (Wildman–Crippen LogP) is 7.01. The number of rotatable bonds is 9. The molecule has 5 heterocycles. The minimum atomic E-state index is -0.562. The van der Waals surface area contributed by atoms with Crippen LogP contribution in [-0.2, 0) is 36.5 Å². The Kier molecular flexibility index (Phi) is 10.2. The van der Waals surface area contributed by atoms with E-state index in [1.807, 2.05) is 58.5 Å². The van der Waals surface area contributed by atoms with Crippen molar-refractivity contribution in [3.05, 3.63) is 131 Å². The van der Waals surface area contributed by atoms with Gasteiger partial charge in [-0.25, -0.2) is 9.37 Å². The molecule has 12 heteroatoms. The van der Waals surface area contributed by atoms with Crippen LogP contribution >= 0.6 is 0 Å². The zero-order chi connectivity index (χ0) is 39.1. The van der Waals surface area contributed by atoms with Crippen LogP contribution in [0.25, 0.3) is 22.3 Å². The number of carbonyl (C=O) groups excluding carboxylic acids is 2. The van der Waals surface area contributed by atoms with E-state index < -0.39 is 17.8 Å². The summed E-state index contributed by atoms with van der Waals surface area (Å²) in [5.74, 6) is -1.05. The van der Waals surface area contributed by atoms with Crippen molar-refractivity contribution < 1.29 is 28.6 Å². The number of ether oxygens (including phenoxy) is 2. The number of benzene rings is 3. The Bertz CT molecular complexity index is 2420. The van der Waals surface area contributed by atoms with Crippen LogP contribution in [0.3, 0.4) is 0 Å². The number of phenolic OH excluding ortho intramolecular Hbond substituents is 1. The van der Waals surface area contributed by atoms with Gasteiger partial charge in [0.25, 0.3) is 11.8 Å². The van der Waals surface area contributed by atoms with E-state index in [-0.39, 0.29) is 17.7 Å². The van der Waals surface area contributed by atoms with Crippen molar-refractivity contribution in [2.75, 3.05) is 44.9 Å². The maximum Gasteiger partial charge on any atom is 0.264 e. The van der Waals surface area contributed by atoms with Crippen LogP contribution in [0.5, 0.6) is 5.75 Å². The summed E-state index contributed by atoms with van der Waals surface area (Å²) in [7, 11) is 5.27. The first kappa shape index (κ1) is 37.1. The molecule has 56 heavy (non-hydrogen) atoms. The number of hydrogen-bond acceptors (Lipinski definition) is 7. The van der Waals surface area contributed by atoms with E-state index in [2.05, 4.69) is 22.0 Å². The molecule has 1 saturated heterocycles. The molecule has 1 fully saturated rings. The van der Waals surface area contributed by atoms with Crippen LogP contribution < -0.4 is 4.90 Å². The van der Waals surface area contributed by atoms with Gasteiger partial charge in [-0.1, -0.05) is 24.3 Å². The highest BCUT2D eigenvalue weighted by molar-refractivity contribution is 6.13. The van der Waals surface area contributed by atoms with Crippen LogP contribution in [0.2, 0.25) is 0 Å². The Labute approximate surface area is 325 Å². The topological polar surface area (TPSA) is 105 Å². The first-order valence-corrected chi connectivity index (χ1v) is 18.9. The SMILES string of the molecule is COC(C)c1c(C(=O)N(c2ccc(O)cc2)c2cnc3c(ccn3C)c2)cc(-c2cc(F)ccc2C(=O)N2Cc3ccccc3C[C@H]2CN2CCOCC2)n1C. The number of hydrogen-bond donors (Lipinski definition) is 1. The van der Waals surface area contributed by atoms with Gasteiger partial charge < -0.3 is 28.6 Å². The molecule has 1 unspecified atom stereocenters. The second-order valence-electron chi connectivity index (χ2n) is 14.6. The Morgan fingerprint density at radius 3 is 2.46 bits per heavy atom. The Balaban J connectivity index is 1.23. The van der Waals surface area contributed by atoms with E-state index in [1.54, 1.807) is 49.5 Å². The number of aromatic hydroxyl groups is 1. The molecule has 288 valence electrons. The lowest BCUT2D eigenvalue weighted by atomic mass is 9.92. The van der Waals surface area contributed by atoms with E-state index in [0.29, 0.717) is 72.2 Å². The number of carbonyl (C=O) groups is 2. The van der Waals surface area contributed by atoms with Crippen molar-refractivity contribution in [1.82, 2.24) is 23.9 Å². The summed E-state index contributed by atoms with van der Waals surface area (Å²) in [4.78, 5) is 40.5. The number of aromatic nitrogens is 3. The molecule has 0 radical (unpaired) electrons. The van der Waals surface area contributed by atoms with Gasteiger partial charge in [0.15, 0.2) is 0 Å². The quantitative estimate of drug-likeness (QED) is 0.169. The van der Waals surface area contributed by atoms with E-state index in [1.165, 1.54) is 29.8 Å². The number of aryl methyl sites for hydroxylation is 1. The minimum Gasteiger partial charge on any atom is -0.508 e. The van der Waals surface area contributed by atoms with Crippen molar-refractivity contribution in [1.29, 1.82) is 0 Å². The first-order valence-electron chi connectivity index (χ1n) is 18.9. The zero-order valence-electron chi connectivity index (χ0n) is 32.0. The standard InChI is InChI=1S/C44H45FN6O5/c1-28(55-4)41-39(44(54)51(33-10-12-36(52)13-11-33)34-22-30-15-16-47(2)42(30)46-25-34)24-40(48(41)3)38-23-32(45)9-14-37(38)43(53)50-26-31-8-6-5-7-29(31)21-35(50)27-49-17-19-56-20-18-49/h5-16,22-25,28,35,52H,17-21,26-27H2,1-4H3/t28?,35-/m0/s1. The molecule has 3 aromatic carbocycles. The van der Waals surface area contributed by atoms with Crippen LogP contribution in [-0.4, -0.2) is 86.8 Å². The molecule has 2 aliphatic heterocycles. The normalized spacial score (nSPS) is 16.5. The fourth-order valence-corrected chi connectivity index (χ4v) is 8.16. The third-order valence-corrected chi connectivity index (χ3v) is 11.2. The van der Waals surface area contributed by atoms with Crippen molar-refractivity contribution >= 4 is 34.2 Å². The van der Waals surface area contributed by atoms with Gasteiger partial charge in [-0.2, -0.15) is 0 Å². The van der Waals surface area contributed by atoms with Gasteiger partial charge in [0, 0.05) is 87.5 Å². The summed E-state index contributed by atoms with van der Waals surface area (Å²) in [6.45, 7) is 5.84. The summed E-state index contributed by atoms with van der Waals surface area (Å²) in [5.41, 5.74) is 6.12. The molecule has 8 rings (SSSR count). The van der Waals surface area contributed by atoms with Crippen molar-refractivity contribution in [3.8, 4) is 17.0 Å². The summed E-state index contributed by atoms with van der Waals surface area (Å²) in [6, 6.07) is 24.3. The molecule has 0 spiro atoms. The Morgan fingerprint density at radius 1 is 0.964 bits per heavy atom. The van der Waals surface area contributed by atoms with E-state index in [0.717, 1.165) is 29.7 Å². The Morgan fingerprint density at radius 2 is 1.71 bits per heavy atom. The Hall–Kier alpha value is -5.82. The number of nitrogens with zero attached hydrogens (tertiary/aromatic N) is 6. The lowest BCUT2D eigenvalue weighted by molar-refractivity contribution is 0.0193. The summed E-state index contributed by atoms with van der Waals surface area (Å²) < 4.78 is 30.6. The number of amides is 2. The molecule has 2 amide bonds. The predicted molar refractivity (Wildman–Crippen MR) is 213 cm³/mol. The molecule has 11 nitrogen and oxygen atoms in total. The molecule has 2 aliphatic rings. The van der Waals surface area contributed by atoms with Gasteiger partial charge in [0.1, 0.15) is 17.2 Å². The van der Waals surface area contributed by atoms with Crippen LogP contribution in [0.15, 0.2) is 97.3 Å². The van der Waals surface area contributed by atoms with Crippen LogP contribution in [0.1, 0.15) is 50.6 Å². The zero-order valence-corrected chi connectivity index (χ0v) is 32.0. The van der Waals surface area contributed by atoms with Crippen LogP contribution in [0.4, 0.5) is 15.8 Å². The lowest BCUT2D eigenvalue weighted by Crippen LogP contribution is -2.52. The van der Waals surface area contributed by atoms with E-state index in [4.69, 9.17) is 9.47 Å².